The molecule has 0 aromatic heterocycles. The standard InChI is InChI=1S/C30H44N2O3/c1-20-11-10-13-27(34)32-28(23(4)29(35)24(5)31-25(6)33)22(3)15-14-21(2)19-26-12-8-9-17-30(26,7)18-16-20/h8,10-16,18-19,22-24,26,28-29,35H,9,17H2,1-7H3,(H,31,33)(H,32,34)/b13-10+,15-14+,18-16+,20-11-,21-19+/t22-,23+,24-,26-,28-,29+,30+/m1/s1. The molecule has 0 spiro atoms. The van der Waals surface area contributed by atoms with Crippen LogP contribution in [0.25, 0.3) is 0 Å². The van der Waals surface area contributed by atoms with Crippen molar-refractivity contribution in [3.8, 4) is 0 Å². The molecule has 2 rings (SSSR count). The number of nitrogens with one attached hydrogen (secondary N) is 2. The van der Waals surface area contributed by atoms with Gasteiger partial charge in [0.1, 0.15) is 0 Å². The maximum absolute atomic E-state index is 12.8. The van der Waals surface area contributed by atoms with Crippen LogP contribution in [0.1, 0.15) is 61.3 Å². The number of rotatable bonds is 4. The number of fused-ring (bicyclic) bond motifs is 1. The lowest BCUT2D eigenvalue weighted by atomic mass is 9.69. The van der Waals surface area contributed by atoms with Crippen molar-refractivity contribution in [2.75, 3.05) is 0 Å². The molecule has 192 valence electrons. The topological polar surface area (TPSA) is 78.4 Å². The highest BCUT2D eigenvalue weighted by atomic mass is 16.3. The highest BCUT2D eigenvalue weighted by molar-refractivity contribution is 5.88. The average Bonchev–Trinajstić information content (AvgIpc) is 2.79. The van der Waals surface area contributed by atoms with Crippen molar-refractivity contribution in [3.05, 3.63) is 71.9 Å². The molecule has 0 aromatic carbocycles. The first-order valence-electron chi connectivity index (χ1n) is 12.8. The second-order valence-corrected chi connectivity index (χ2v) is 10.6. The summed E-state index contributed by atoms with van der Waals surface area (Å²) < 4.78 is 0. The lowest BCUT2D eigenvalue weighted by Gasteiger charge is -2.35. The molecule has 5 nitrogen and oxygen atoms in total. The summed E-state index contributed by atoms with van der Waals surface area (Å²) in [4.78, 5) is 24.3. The zero-order chi connectivity index (χ0) is 26.2. The Labute approximate surface area is 211 Å². The Morgan fingerprint density at radius 1 is 1.17 bits per heavy atom. The van der Waals surface area contributed by atoms with E-state index in [1.54, 1.807) is 13.0 Å². The van der Waals surface area contributed by atoms with Gasteiger partial charge in [-0.2, -0.15) is 0 Å². The quantitative estimate of drug-likeness (QED) is 0.486. The van der Waals surface area contributed by atoms with E-state index < -0.39 is 12.1 Å². The minimum absolute atomic E-state index is 0.0315. The van der Waals surface area contributed by atoms with E-state index >= 15 is 0 Å². The van der Waals surface area contributed by atoms with Gasteiger partial charge in [0.15, 0.2) is 0 Å². The molecule has 1 aliphatic heterocycles. The molecule has 0 bridgehead atoms. The molecule has 2 aliphatic rings. The molecule has 0 fully saturated rings. The van der Waals surface area contributed by atoms with Crippen molar-refractivity contribution < 1.29 is 14.7 Å². The van der Waals surface area contributed by atoms with Gasteiger partial charge in [0.2, 0.25) is 11.8 Å². The third kappa shape index (κ3) is 8.50. The first-order chi connectivity index (χ1) is 16.4. The zero-order valence-corrected chi connectivity index (χ0v) is 22.4. The van der Waals surface area contributed by atoms with Gasteiger partial charge in [0, 0.05) is 30.9 Å². The lowest BCUT2D eigenvalue weighted by molar-refractivity contribution is -0.121. The largest absolute Gasteiger partial charge is 0.391 e. The van der Waals surface area contributed by atoms with Crippen LogP contribution in [0.3, 0.4) is 0 Å². The van der Waals surface area contributed by atoms with E-state index in [9.17, 15) is 14.7 Å². The SMILES string of the molecule is CC(=O)N[C@H](C)[C@@H](O)[C@@H](C)[C@@H]1NC(=O)/C=C/C=C(C)\C=C\[C@]2(C)CCC=C[C@@H]2/C=C(C)/C=C/[C@H]1C. The highest BCUT2D eigenvalue weighted by Gasteiger charge is 2.32. The molecule has 0 saturated carbocycles. The van der Waals surface area contributed by atoms with Gasteiger partial charge in [-0.15, -0.1) is 0 Å². The second kappa shape index (κ2) is 12.9. The molecular formula is C30H44N2O3. The number of carbonyl (C=O) groups is 2. The Kier molecular flexibility index (Phi) is 10.5. The third-order valence-electron chi connectivity index (χ3n) is 7.32. The molecule has 0 radical (unpaired) electrons. The van der Waals surface area contributed by atoms with Gasteiger partial charge >= 0.3 is 0 Å². The molecule has 5 heteroatoms. The Morgan fingerprint density at radius 2 is 1.89 bits per heavy atom. The number of aliphatic hydroxyl groups is 1. The van der Waals surface area contributed by atoms with E-state index in [2.05, 4.69) is 67.0 Å². The number of aliphatic hydroxyl groups excluding tert-OH is 1. The van der Waals surface area contributed by atoms with Crippen molar-refractivity contribution in [1.82, 2.24) is 10.6 Å². The van der Waals surface area contributed by atoms with E-state index in [4.69, 9.17) is 0 Å². The van der Waals surface area contributed by atoms with Gasteiger partial charge in [-0.25, -0.2) is 0 Å². The van der Waals surface area contributed by atoms with E-state index in [0.717, 1.165) is 24.0 Å². The monoisotopic (exact) mass is 480 g/mol. The van der Waals surface area contributed by atoms with E-state index in [-0.39, 0.29) is 35.1 Å². The summed E-state index contributed by atoms with van der Waals surface area (Å²) in [5.41, 5.74) is 2.27. The van der Waals surface area contributed by atoms with Gasteiger partial charge in [-0.05, 0) is 44.9 Å². The molecule has 1 aliphatic carbocycles. The van der Waals surface area contributed by atoms with E-state index in [1.165, 1.54) is 13.0 Å². The lowest BCUT2D eigenvalue weighted by Crippen LogP contribution is -2.52. The predicted octanol–water partition coefficient (Wildman–Crippen LogP) is 5.18. The van der Waals surface area contributed by atoms with Crippen molar-refractivity contribution >= 4 is 11.8 Å². The minimum Gasteiger partial charge on any atom is -0.391 e. The Hall–Kier alpha value is -2.66. The van der Waals surface area contributed by atoms with Crippen LogP contribution in [-0.2, 0) is 9.59 Å². The first-order valence-corrected chi connectivity index (χ1v) is 12.8. The summed E-state index contributed by atoms with van der Waals surface area (Å²) >= 11 is 0. The molecule has 7 atom stereocenters. The molecule has 0 saturated heterocycles. The van der Waals surface area contributed by atoms with Gasteiger partial charge in [0.25, 0.3) is 0 Å². The van der Waals surface area contributed by atoms with Crippen molar-refractivity contribution in [2.45, 2.75) is 79.5 Å². The van der Waals surface area contributed by atoms with Gasteiger partial charge < -0.3 is 15.7 Å². The molecule has 3 N–H and O–H groups in total. The summed E-state index contributed by atoms with van der Waals surface area (Å²) in [5, 5.41) is 16.8. The predicted molar refractivity (Wildman–Crippen MR) is 144 cm³/mol. The smallest absolute Gasteiger partial charge is 0.244 e. The minimum atomic E-state index is -0.813. The Balaban J connectivity index is 2.43. The Morgan fingerprint density at radius 3 is 2.57 bits per heavy atom. The zero-order valence-electron chi connectivity index (χ0n) is 22.4. The molecule has 0 unspecified atom stereocenters. The normalized spacial score (nSPS) is 36.1. The molecule has 0 aromatic rings. The maximum atomic E-state index is 12.8. The fourth-order valence-electron chi connectivity index (χ4n) is 4.92. The fourth-order valence-corrected chi connectivity index (χ4v) is 4.92. The summed E-state index contributed by atoms with van der Waals surface area (Å²) in [5.74, 6) is -0.427. The second-order valence-electron chi connectivity index (χ2n) is 10.6. The van der Waals surface area contributed by atoms with Crippen LogP contribution in [0, 0.1) is 23.2 Å². The van der Waals surface area contributed by atoms with Gasteiger partial charge in [-0.1, -0.05) is 86.6 Å². The van der Waals surface area contributed by atoms with E-state index in [1.807, 2.05) is 26.8 Å². The molecular weight excluding hydrogens is 436 g/mol. The van der Waals surface area contributed by atoms with Crippen LogP contribution in [0.4, 0.5) is 0 Å². The first kappa shape index (κ1) is 28.6. The van der Waals surface area contributed by atoms with Gasteiger partial charge in [-0.3, -0.25) is 9.59 Å². The van der Waals surface area contributed by atoms with Gasteiger partial charge in [0.05, 0.1) is 12.1 Å². The van der Waals surface area contributed by atoms with Crippen LogP contribution in [-0.4, -0.2) is 35.1 Å². The highest BCUT2D eigenvalue weighted by Crippen LogP contribution is 2.40. The number of amides is 2. The number of allylic oxidation sites excluding steroid dienone is 10. The number of hydrogen-bond donors (Lipinski definition) is 3. The Bertz CT molecular complexity index is 939. The third-order valence-corrected chi connectivity index (χ3v) is 7.32. The molecule has 1 heterocycles. The summed E-state index contributed by atoms with van der Waals surface area (Å²) in [6, 6.07) is -0.749. The summed E-state index contributed by atoms with van der Waals surface area (Å²) in [6.45, 7) is 13.6. The summed E-state index contributed by atoms with van der Waals surface area (Å²) in [6.07, 6.45) is 22.1. The number of hydrogen-bond acceptors (Lipinski definition) is 3. The van der Waals surface area contributed by atoms with Crippen LogP contribution >= 0.6 is 0 Å². The fraction of sp³-hybridized carbons (Fsp3) is 0.533. The van der Waals surface area contributed by atoms with Crippen LogP contribution in [0.15, 0.2) is 71.9 Å². The molecule has 2 amide bonds. The van der Waals surface area contributed by atoms with Crippen LogP contribution < -0.4 is 10.6 Å². The van der Waals surface area contributed by atoms with Crippen LogP contribution in [0.2, 0.25) is 0 Å². The average molecular weight is 481 g/mol. The van der Waals surface area contributed by atoms with Crippen molar-refractivity contribution in [3.63, 3.8) is 0 Å². The summed E-state index contributed by atoms with van der Waals surface area (Å²) in [7, 11) is 0. The molecule has 35 heavy (non-hydrogen) atoms. The number of carbonyl (C=O) groups excluding carboxylic acids is 2. The van der Waals surface area contributed by atoms with Crippen molar-refractivity contribution in [2.24, 2.45) is 23.2 Å². The maximum Gasteiger partial charge on any atom is 0.244 e. The van der Waals surface area contributed by atoms with Crippen molar-refractivity contribution in [1.29, 1.82) is 0 Å². The van der Waals surface area contributed by atoms with E-state index in [0.29, 0.717) is 5.92 Å². The van der Waals surface area contributed by atoms with Crippen LogP contribution in [0.5, 0.6) is 0 Å².